The third kappa shape index (κ3) is 5.82. The molecule has 0 radical (unpaired) electrons. The third-order valence-electron chi connectivity index (χ3n) is 5.88. The number of aryl methyl sites for hydroxylation is 1. The van der Waals surface area contributed by atoms with E-state index in [0.717, 1.165) is 40.8 Å². The fraction of sp³-hybridized carbons (Fsp3) is 0.652. The van der Waals surface area contributed by atoms with Crippen LogP contribution in [0.2, 0.25) is 0 Å². The number of benzene rings is 1. The topological polar surface area (TPSA) is 41.9 Å². The van der Waals surface area contributed by atoms with Gasteiger partial charge in [0, 0.05) is 23.6 Å². The quantitative estimate of drug-likeness (QED) is 0.302. The average molecular weight is 451 g/mol. The zero-order valence-corrected chi connectivity index (χ0v) is 19.8. The number of hydrogen-bond acceptors (Lipinski definition) is 3. The van der Waals surface area contributed by atoms with Crippen LogP contribution in [0, 0.1) is 24.7 Å². The summed E-state index contributed by atoms with van der Waals surface area (Å²) in [5.74, 6) is 2.30. The first kappa shape index (κ1) is 22.9. The predicted molar refractivity (Wildman–Crippen MR) is 121 cm³/mol. The number of halogens is 1. The zero-order chi connectivity index (χ0) is 20.8. The second-order valence-corrected chi connectivity index (χ2v) is 9.28. The van der Waals surface area contributed by atoms with Crippen LogP contribution in [0.15, 0.2) is 27.7 Å². The standard InChI is InChI=1S/C23H35BrN2O2/c1-7-22(25-6)26(20-13-18(24)10-9-17(20)5)14-23(27)28-21-12-16(4)8-11-19(21)15(2)3/h9-10,13,15-16,19,21H,7-8,11-12,14H2,1-6H3/b25-22+/t16-,19+,21-/m1/s1. The van der Waals surface area contributed by atoms with Gasteiger partial charge in [0.25, 0.3) is 0 Å². The molecular weight excluding hydrogens is 416 g/mol. The normalized spacial score (nSPS) is 23.0. The van der Waals surface area contributed by atoms with Crippen LogP contribution < -0.4 is 4.90 Å². The Kier molecular flexibility index (Phi) is 8.54. The maximum atomic E-state index is 13.0. The van der Waals surface area contributed by atoms with Crippen molar-refractivity contribution >= 4 is 33.4 Å². The minimum Gasteiger partial charge on any atom is -0.461 e. The smallest absolute Gasteiger partial charge is 0.326 e. The van der Waals surface area contributed by atoms with Crippen LogP contribution in [-0.4, -0.2) is 31.5 Å². The molecule has 0 amide bonds. The summed E-state index contributed by atoms with van der Waals surface area (Å²) in [6.07, 6.45) is 4.10. The maximum absolute atomic E-state index is 13.0. The largest absolute Gasteiger partial charge is 0.461 e. The summed E-state index contributed by atoms with van der Waals surface area (Å²) < 4.78 is 7.03. The Balaban J connectivity index is 2.21. The van der Waals surface area contributed by atoms with Crippen molar-refractivity contribution in [2.45, 2.75) is 66.4 Å². The monoisotopic (exact) mass is 450 g/mol. The fourth-order valence-corrected chi connectivity index (χ4v) is 4.59. The number of hydrogen-bond donors (Lipinski definition) is 0. The first-order valence-electron chi connectivity index (χ1n) is 10.5. The van der Waals surface area contributed by atoms with Crippen molar-refractivity contribution in [1.29, 1.82) is 0 Å². The van der Waals surface area contributed by atoms with Gasteiger partial charge in [-0.3, -0.25) is 9.79 Å². The van der Waals surface area contributed by atoms with E-state index in [0.29, 0.717) is 17.8 Å². The molecule has 3 atom stereocenters. The molecule has 2 rings (SSSR count). The van der Waals surface area contributed by atoms with Gasteiger partial charge in [-0.05, 0) is 55.2 Å². The highest BCUT2D eigenvalue weighted by molar-refractivity contribution is 9.10. The first-order valence-corrected chi connectivity index (χ1v) is 11.2. The number of amidine groups is 1. The van der Waals surface area contributed by atoms with Gasteiger partial charge in [-0.25, -0.2) is 0 Å². The van der Waals surface area contributed by atoms with Gasteiger partial charge < -0.3 is 9.64 Å². The number of carbonyl (C=O) groups is 1. The van der Waals surface area contributed by atoms with Crippen LogP contribution in [0.1, 0.15) is 58.9 Å². The van der Waals surface area contributed by atoms with Crippen molar-refractivity contribution in [3.05, 3.63) is 28.2 Å². The van der Waals surface area contributed by atoms with Crippen LogP contribution in [0.3, 0.4) is 0 Å². The van der Waals surface area contributed by atoms with Gasteiger partial charge in [-0.15, -0.1) is 0 Å². The average Bonchev–Trinajstić information content (AvgIpc) is 2.63. The van der Waals surface area contributed by atoms with Crippen LogP contribution in [-0.2, 0) is 9.53 Å². The Labute approximate surface area is 178 Å². The van der Waals surface area contributed by atoms with E-state index in [-0.39, 0.29) is 18.6 Å². The van der Waals surface area contributed by atoms with Gasteiger partial charge in [-0.2, -0.15) is 0 Å². The molecule has 5 heteroatoms. The van der Waals surface area contributed by atoms with Crippen molar-refractivity contribution in [2.75, 3.05) is 18.5 Å². The van der Waals surface area contributed by atoms with Crippen molar-refractivity contribution in [2.24, 2.45) is 22.7 Å². The number of carbonyl (C=O) groups excluding carboxylic acids is 1. The number of aliphatic imine (C=N–C) groups is 1. The van der Waals surface area contributed by atoms with Crippen LogP contribution >= 0.6 is 15.9 Å². The molecule has 1 aromatic carbocycles. The summed E-state index contributed by atoms with van der Waals surface area (Å²) in [5, 5.41) is 0. The first-order chi connectivity index (χ1) is 13.3. The Hall–Kier alpha value is -1.36. The lowest BCUT2D eigenvalue weighted by molar-refractivity contribution is -0.154. The van der Waals surface area contributed by atoms with Gasteiger partial charge >= 0.3 is 5.97 Å². The molecule has 1 aliphatic rings. The van der Waals surface area contributed by atoms with Gasteiger partial charge in [0.1, 0.15) is 18.5 Å². The summed E-state index contributed by atoms with van der Waals surface area (Å²) in [6.45, 7) is 11.0. The fourth-order valence-electron chi connectivity index (χ4n) is 4.24. The van der Waals surface area contributed by atoms with Gasteiger partial charge in [0.2, 0.25) is 0 Å². The minimum atomic E-state index is -0.168. The second-order valence-electron chi connectivity index (χ2n) is 8.36. The summed E-state index contributed by atoms with van der Waals surface area (Å²) in [4.78, 5) is 19.4. The molecule has 0 bridgehead atoms. The molecule has 1 saturated carbocycles. The van der Waals surface area contributed by atoms with E-state index in [1.165, 1.54) is 6.42 Å². The van der Waals surface area contributed by atoms with Crippen molar-refractivity contribution in [1.82, 2.24) is 0 Å². The van der Waals surface area contributed by atoms with E-state index >= 15 is 0 Å². The summed E-state index contributed by atoms with van der Waals surface area (Å²) >= 11 is 3.55. The van der Waals surface area contributed by atoms with Gasteiger partial charge in [0.05, 0.1) is 0 Å². The molecule has 28 heavy (non-hydrogen) atoms. The number of anilines is 1. The number of ether oxygens (including phenoxy) is 1. The van der Waals surface area contributed by atoms with Gasteiger partial charge in [0.15, 0.2) is 0 Å². The van der Waals surface area contributed by atoms with Crippen molar-refractivity contribution < 1.29 is 9.53 Å². The Morgan fingerprint density at radius 1 is 1.36 bits per heavy atom. The van der Waals surface area contributed by atoms with Crippen LogP contribution in [0.25, 0.3) is 0 Å². The molecule has 0 unspecified atom stereocenters. The summed E-state index contributed by atoms with van der Waals surface area (Å²) in [6, 6.07) is 6.11. The lowest BCUT2D eigenvalue weighted by atomic mass is 9.75. The molecule has 0 heterocycles. The van der Waals surface area contributed by atoms with E-state index in [2.05, 4.69) is 61.6 Å². The zero-order valence-electron chi connectivity index (χ0n) is 18.2. The molecule has 0 saturated heterocycles. The number of esters is 1. The van der Waals surface area contributed by atoms with E-state index in [9.17, 15) is 4.79 Å². The molecule has 0 N–H and O–H groups in total. The Morgan fingerprint density at radius 2 is 2.07 bits per heavy atom. The van der Waals surface area contributed by atoms with Gasteiger partial charge in [-0.1, -0.05) is 56.1 Å². The van der Waals surface area contributed by atoms with Crippen LogP contribution in [0.5, 0.6) is 0 Å². The number of nitrogens with zero attached hydrogens (tertiary/aromatic N) is 2. The Morgan fingerprint density at radius 3 is 2.68 bits per heavy atom. The summed E-state index contributed by atoms with van der Waals surface area (Å²) in [5.41, 5.74) is 2.10. The molecule has 0 aliphatic heterocycles. The predicted octanol–water partition coefficient (Wildman–Crippen LogP) is 6.01. The SMILES string of the molecule is CC/C(=N\C)N(CC(=O)O[C@@H]1C[C@H](C)CC[C@H]1C(C)C)c1cc(Br)ccc1C. The molecule has 0 aromatic heterocycles. The highest BCUT2D eigenvalue weighted by Crippen LogP contribution is 2.35. The lowest BCUT2D eigenvalue weighted by Crippen LogP contribution is -2.41. The lowest BCUT2D eigenvalue weighted by Gasteiger charge is -2.37. The minimum absolute atomic E-state index is 0.0188. The molecule has 1 aliphatic carbocycles. The molecule has 0 spiro atoms. The van der Waals surface area contributed by atoms with E-state index in [4.69, 9.17) is 4.74 Å². The molecule has 4 nitrogen and oxygen atoms in total. The molecule has 156 valence electrons. The van der Waals surface area contributed by atoms with E-state index in [1.807, 2.05) is 17.0 Å². The summed E-state index contributed by atoms with van der Waals surface area (Å²) in [7, 11) is 1.78. The van der Waals surface area contributed by atoms with Crippen LogP contribution in [0.4, 0.5) is 5.69 Å². The van der Waals surface area contributed by atoms with Crippen molar-refractivity contribution in [3.63, 3.8) is 0 Å². The Bertz CT molecular complexity index is 702. The maximum Gasteiger partial charge on any atom is 0.326 e. The highest BCUT2D eigenvalue weighted by atomic mass is 79.9. The van der Waals surface area contributed by atoms with Crippen molar-refractivity contribution in [3.8, 4) is 0 Å². The number of rotatable bonds is 6. The highest BCUT2D eigenvalue weighted by Gasteiger charge is 2.34. The molecular formula is C23H35BrN2O2. The molecule has 1 fully saturated rings. The van der Waals surface area contributed by atoms with E-state index < -0.39 is 0 Å². The molecule has 1 aromatic rings. The third-order valence-corrected chi connectivity index (χ3v) is 6.37. The van der Waals surface area contributed by atoms with E-state index in [1.54, 1.807) is 7.05 Å². The second kappa shape index (κ2) is 10.4.